The Kier molecular flexibility index (Phi) is 7.08. The highest BCUT2D eigenvalue weighted by molar-refractivity contribution is 5.96. The average molecular weight is 649 g/mol. The Labute approximate surface area is 282 Å². The molecule has 8 bridgehead atoms. The van der Waals surface area contributed by atoms with Crippen molar-refractivity contribution in [3.8, 4) is 0 Å². The fraction of sp³-hybridized carbons (Fsp3) is 0.927. The molecule has 6 heteroatoms. The molecular formula is C41H60O6. The molecule has 13 atom stereocenters. The molecule has 6 nitrogen and oxygen atoms in total. The van der Waals surface area contributed by atoms with Crippen LogP contribution in [-0.2, 0) is 23.9 Å². The number of esters is 3. The van der Waals surface area contributed by atoms with Gasteiger partial charge in [0.2, 0.25) is 0 Å². The number of ether oxygens (including phenoxy) is 2. The number of cyclic esters (lactones) is 2. The highest BCUT2D eigenvalue weighted by atomic mass is 16.6. The van der Waals surface area contributed by atoms with Crippen LogP contribution in [0.4, 0.5) is 0 Å². The van der Waals surface area contributed by atoms with Gasteiger partial charge in [-0.15, -0.1) is 0 Å². The van der Waals surface area contributed by atoms with Gasteiger partial charge in [-0.25, -0.2) is 0 Å². The fourth-order valence-electron chi connectivity index (χ4n) is 15.7. The zero-order valence-corrected chi connectivity index (χ0v) is 29.6. The van der Waals surface area contributed by atoms with Crippen molar-refractivity contribution in [2.24, 2.45) is 100 Å². The predicted molar refractivity (Wildman–Crippen MR) is 176 cm³/mol. The summed E-state index contributed by atoms with van der Waals surface area (Å²) in [6, 6.07) is 0. The summed E-state index contributed by atoms with van der Waals surface area (Å²) in [5.74, 6) is 6.35. The summed E-state index contributed by atoms with van der Waals surface area (Å²) in [5.41, 5.74) is -1.85. The van der Waals surface area contributed by atoms with E-state index in [0.717, 1.165) is 30.6 Å². The minimum atomic E-state index is -0.876. The summed E-state index contributed by atoms with van der Waals surface area (Å²) in [6.07, 6.45) is 15.5. The van der Waals surface area contributed by atoms with Crippen molar-refractivity contribution in [1.82, 2.24) is 0 Å². The van der Waals surface area contributed by atoms with E-state index in [1.54, 1.807) is 0 Å². The van der Waals surface area contributed by atoms with Crippen LogP contribution in [0, 0.1) is 100 Å². The number of aliphatic hydroxyl groups is 1. The first kappa shape index (κ1) is 31.5. The van der Waals surface area contributed by atoms with Crippen molar-refractivity contribution >= 4 is 17.9 Å². The van der Waals surface area contributed by atoms with E-state index in [0.29, 0.717) is 77.9 Å². The average Bonchev–Trinajstić information content (AvgIpc) is 3.81. The predicted octanol–water partition coefficient (Wildman–Crippen LogP) is 7.60. The molecule has 1 heterocycles. The van der Waals surface area contributed by atoms with Crippen LogP contribution < -0.4 is 0 Å². The van der Waals surface area contributed by atoms with E-state index in [1.165, 1.54) is 64.2 Å². The third kappa shape index (κ3) is 4.60. The maximum Gasteiger partial charge on any atom is 0.317 e. The summed E-state index contributed by atoms with van der Waals surface area (Å²) in [7, 11) is 0. The molecule has 1 N–H and O–H groups in total. The van der Waals surface area contributed by atoms with Crippen molar-refractivity contribution in [1.29, 1.82) is 0 Å². The molecule has 0 spiro atoms. The quantitative estimate of drug-likeness (QED) is 0.226. The molecule has 10 aliphatic rings. The maximum absolute atomic E-state index is 14.0. The molecule has 10 rings (SSSR count). The summed E-state index contributed by atoms with van der Waals surface area (Å²) < 4.78 is 12.0. The summed E-state index contributed by atoms with van der Waals surface area (Å²) >= 11 is 0. The smallest absolute Gasteiger partial charge is 0.317 e. The number of carbonyl (C=O) groups is 3. The van der Waals surface area contributed by atoms with Crippen LogP contribution in [0.15, 0.2) is 0 Å². The van der Waals surface area contributed by atoms with Crippen molar-refractivity contribution in [3.63, 3.8) is 0 Å². The van der Waals surface area contributed by atoms with Gasteiger partial charge in [0.25, 0.3) is 0 Å². The lowest BCUT2D eigenvalue weighted by Gasteiger charge is -2.59. The zero-order chi connectivity index (χ0) is 32.8. The number of hydrogen-bond acceptors (Lipinski definition) is 6. The molecule has 1 saturated heterocycles. The molecule has 0 aromatic heterocycles. The van der Waals surface area contributed by atoms with Crippen LogP contribution in [-0.4, -0.2) is 34.2 Å². The van der Waals surface area contributed by atoms with E-state index in [-0.39, 0.29) is 11.9 Å². The van der Waals surface area contributed by atoms with E-state index in [4.69, 9.17) is 9.47 Å². The molecule has 10 fully saturated rings. The second-order valence-electron chi connectivity index (χ2n) is 20.2. The first-order valence-electron chi connectivity index (χ1n) is 20.0. The lowest BCUT2D eigenvalue weighted by molar-refractivity contribution is -0.212. The van der Waals surface area contributed by atoms with Crippen molar-refractivity contribution in [3.05, 3.63) is 0 Å². The van der Waals surface area contributed by atoms with E-state index >= 15 is 0 Å². The third-order valence-corrected chi connectivity index (χ3v) is 17.5. The molecule has 0 aromatic carbocycles. The Morgan fingerprint density at radius 3 is 2.21 bits per heavy atom. The lowest BCUT2D eigenvalue weighted by atomic mass is 9.50. The highest BCUT2D eigenvalue weighted by Gasteiger charge is 2.66. The zero-order valence-electron chi connectivity index (χ0n) is 29.6. The lowest BCUT2D eigenvalue weighted by Crippen LogP contribution is -2.58. The van der Waals surface area contributed by atoms with Gasteiger partial charge in [0.1, 0.15) is 5.60 Å². The molecule has 47 heavy (non-hydrogen) atoms. The number of hydrogen-bond donors (Lipinski definition) is 1. The molecular weight excluding hydrogens is 588 g/mol. The van der Waals surface area contributed by atoms with Gasteiger partial charge in [-0.2, -0.15) is 0 Å². The van der Waals surface area contributed by atoms with Gasteiger partial charge in [0, 0.05) is 0 Å². The summed E-state index contributed by atoms with van der Waals surface area (Å²) in [5, 5.41) is 11.6. The van der Waals surface area contributed by atoms with Gasteiger partial charge in [-0.3, -0.25) is 14.4 Å². The molecule has 9 saturated carbocycles. The molecule has 13 unspecified atom stereocenters. The fourth-order valence-corrected chi connectivity index (χ4v) is 15.7. The molecule has 1 aliphatic heterocycles. The van der Waals surface area contributed by atoms with Gasteiger partial charge >= 0.3 is 17.9 Å². The Bertz CT molecular complexity index is 1300. The molecule has 9 aliphatic carbocycles. The Balaban J connectivity index is 0.932. The number of rotatable bonds is 7. The van der Waals surface area contributed by atoms with Gasteiger partial charge in [0.05, 0.1) is 22.9 Å². The van der Waals surface area contributed by atoms with Crippen molar-refractivity contribution in [2.75, 3.05) is 0 Å². The molecule has 260 valence electrons. The van der Waals surface area contributed by atoms with Crippen LogP contribution in [0.5, 0.6) is 0 Å². The van der Waals surface area contributed by atoms with Crippen LogP contribution in [0.3, 0.4) is 0 Å². The topological polar surface area (TPSA) is 89.9 Å². The Hall–Kier alpha value is -1.43. The SMILES string of the molecule is CC1C2CC(C1C1C3CCC(C3)C1CC1C(=O)OC(=O)C1CC(C)(C)C(=O)OC1(C)C3CC4CC(C3)CC1C4)C1C2CCCC1(C)O. The van der Waals surface area contributed by atoms with Crippen LogP contribution in [0.1, 0.15) is 125 Å². The first-order valence-corrected chi connectivity index (χ1v) is 20.0. The normalized spacial score (nSPS) is 55.5. The van der Waals surface area contributed by atoms with E-state index in [2.05, 4.69) is 20.8 Å². The second-order valence-corrected chi connectivity index (χ2v) is 20.2. The van der Waals surface area contributed by atoms with E-state index < -0.39 is 34.4 Å². The third-order valence-electron chi connectivity index (χ3n) is 17.5. The highest BCUT2D eigenvalue weighted by Crippen LogP contribution is 2.70. The van der Waals surface area contributed by atoms with Gasteiger partial charge < -0.3 is 14.6 Å². The van der Waals surface area contributed by atoms with Crippen LogP contribution >= 0.6 is 0 Å². The minimum Gasteiger partial charge on any atom is -0.458 e. The first-order chi connectivity index (χ1) is 22.2. The maximum atomic E-state index is 14.0. The van der Waals surface area contributed by atoms with Gasteiger partial charge in [-0.1, -0.05) is 13.3 Å². The van der Waals surface area contributed by atoms with Gasteiger partial charge in [-0.05, 0) is 194 Å². The minimum absolute atomic E-state index is 0.207. The molecule has 0 amide bonds. The standard InChI is InChI=1S/C41H60O6/c1-20-28-17-31(35-27(28)7-6-10-40(35,4)45)33(20)34-24-9-8-23(16-24)29(34)18-30-32(37(43)46-36(30)42)19-39(2,3)38(44)47-41(5)25-12-21-11-22(14-25)15-26(41)13-21/h20-35,45H,6-19H2,1-5H3. The Morgan fingerprint density at radius 2 is 1.51 bits per heavy atom. The van der Waals surface area contributed by atoms with Gasteiger partial charge in [0.15, 0.2) is 0 Å². The summed E-state index contributed by atoms with van der Waals surface area (Å²) in [4.78, 5) is 40.9. The van der Waals surface area contributed by atoms with E-state index in [9.17, 15) is 19.5 Å². The van der Waals surface area contributed by atoms with Crippen molar-refractivity contribution in [2.45, 2.75) is 136 Å². The van der Waals surface area contributed by atoms with Crippen molar-refractivity contribution < 1.29 is 29.0 Å². The Morgan fingerprint density at radius 1 is 0.851 bits per heavy atom. The largest absolute Gasteiger partial charge is 0.458 e. The van der Waals surface area contributed by atoms with Crippen LogP contribution in [0.25, 0.3) is 0 Å². The number of fused-ring (bicyclic) bond motifs is 7. The van der Waals surface area contributed by atoms with Crippen LogP contribution in [0.2, 0.25) is 0 Å². The second kappa shape index (κ2) is 10.5. The molecule has 0 aromatic rings. The summed E-state index contributed by atoms with van der Waals surface area (Å²) in [6.45, 7) is 10.7. The monoisotopic (exact) mass is 648 g/mol. The number of carbonyl (C=O) groups excluding carboxylic acids is 3. The van der Waals surface area contributed by atoms with E-state index in [1.807, 2.05) is 13.8 Å². The molecule has 0 radical (unpaired) electrons.